The minimum atomic E-state index is -0.602. The summed E-state index contributed by atoms with van der Waals surface area (Å²) in [5, 5.41) is 13.1. The monoisotopic (exact) mass is 506 g/mol. The maximum absolute atomic E-state index is 13.2. The molecule has 3 N–H and O–H groups in total. The standard InChI is InChI=1S/C26H27ClN6O3/c1-26(2,3)36-25(35)33-12-11-21-20(14-33)30-23(32(21)4)24(34)31-19-10-6-7-15(17(19)13-28)16-8-5-9-18(29)22(16)27/h5-10H,11-12,14,29H2,1-4H3,(H,31,34). The predicted octanol–water partition coefficient (Wildman–Crippen LogP) is 4.74. The van der Waals surface area contributed by atoms with Crippen molar-refractivity contribution in [2.45, 2.75) is 39.3 Å². The minimum absolute atomic E-state index is 0.183. The van der Waals surface area contributed by atoms with Gasteiger partial charge in [-0.25, -0.2) is 9.78 Å². The number of benzene rings is 2. The van der Waals surface area contributed by atoms with Gasteiger partial charge < -0.3 is 25.3 Å². The molecule has 0 unspecified atom stereocenters. The lowest BCUT2D eigenvalue weighted by molar-refractivity contribution is 0.0220. The van der Waals surface area contributed by atoms with Gasteiger partial charge in [-0.1, -0.05) is 35.9 Å². The second kappa shape index (κ2) is 9.55. The molecule has 4 rings (SSSR count). The molecule has 1 aliphatic heterocycles. The molecular formula is C26H27ClN6O3. The number of rotatable bonds is 3. The molecule has 186 valence electrons. The molecule has 0 saturated heterocycles. The van der Waals surface area contributed by atoms with Crippen LogP contribution >= 0.6 is 11.6 Å². The molecule has 9 nitrogen and oxygen atoms in total. The number of fused-ring (bicyclic) bond motifs is 1. The number of aromatic nitrogens is 2. The summed E-state index contributed by atoms with van der Waals surface area (Å²) in [4.78, 5) is 31.8. The lowest BCUT2D eigenvalue weighted by Gasteiger charge is -2.29. The molecule has 0 bridgehead atoms. The van der Waals surface area contributed by atoms with Gasteiger partial charge in [0, 0.05) is 36.8 Å². The summed E-state index contributed by atoms with van der Waals surface area (Å²) in [6.07, 6.45) is 0.124. The van der Waals surface area contributed by atoms with Crippen molar-refractivity contribution < 1.29 is 14.3 Å². The van der Waals surface area contributed by atoms with Crippen molar-refractivity contribution >= 4 is 35.0 Å². The fourth-order valence-electron chi connectivity index (χ4n) is 4.15. The van der Waals surface area contributed by atoms with Crippen LogP contribution in [0.1, 0.15) is 48.3 Å². The zero-order valence-corrected chi connectivity index (χ0v) is 21.3. The molecule has 2 amide bonds. The Balaban J connectivity index is 1.60. The minimum Gasteiger partial charge on any atom is -0.444 e. The maximum atomic E-state index is 13.2. The third-order valence-electron chi connectivity index (χ3n) is 5.85. The third-order valence-corrected chi connectivity index (χ3v) is 6.28. The highest BCUT2D eigenvalue weighted by Gasteiger charge is 2.30. The first-order valence-corrected chi connectivity index (χ1v) is 11.8. The smallest absolute Gasteiger partial charge is 0.410 e. The molecule has 0 spiro atoms. The molecule has 1 aromatic heterocycles. The SMILES string of the molecule is Cn1c(C(=O)Nc2cccc(-c3cccc(N)c3Cl)c2C#N)nc2c1CCN(C(=O)OC(C)(C)C)C2. The maximum Gasteiger partial charge on any atom is 0.410 e. The van der Waals surface area contributed by atoms with Crippen LogP contribution in [0.15, 0.2) is 36.4 Å². The van der Waals surface area contributed by atoms with E-state index in [-0.39, 0.29) is 17.9 Å². The van der Waals surface area contributed by atoms with Gasteiger partial charge in [-0.2, -0.15) is 5.26 Å². The number of hydrogen-bond acceptors (Lipinski definition) is 6. The van der Waals surface area contributed by atoms with Crippen molar-refractivity contribution in [1.29, 1.82) is 5.26 Å². The lowest BCUT2D eigenvalue weighted by atomic mass is 9.98. The van der Waals surface area contributed by atoms with Gasteiger partial charge in [0.1, 0.15) is 11.7 Å². The number of amides is 2. The first kappa shape index (κ1) is 25.1. The molecule has 0 atom stereocenters. The van der Waals surface area contributed by atoms with E-state index in [0.29, 0.717) is 46.2 Å². The van der Waals surface area contributed by atoms with Gasteiger partial charge in [-0.05, 0) is 32.9 Å². The fourth-order valence-corrected chi connectivity index (χ4v) is 4.38. The highest BCUT2D eigenvalue weighted by atomic mass is 35.5. The summed E-state index contributed by atoms with van der Waals surface area (Å²) >= 11 is 6.39. The summed E-state index contributed by atoms with van der Waals surface area (Å²) in [6.45, 7) is 6.15. The fraction of sp³-hybridized carbons (Fsp3) is 0.308. The number of nitrogens with zero attached hydrogens (tertiary/aromatic N) is 4. The number of carbonyl (C=O) groups is 2. The Labute approximate surface area is 214 Å². The second-order valence-corrected chi connectivity index (χ2v) is 9.92. The van der Waals surface area contributed by atoms with Crippen LogP contribution in [0.5, 0.6) is 0 Å². The van der Waals surface area contributed by atoms with Crippen LogP contribution in [0.25, 0.3) is 11.1 Å². The van der Waals surface area contributed by atoms with Gasteiger partial charge in [0.15, 0.2) is 5.82 Å². The molecule has 3 aromatic rings. The highest BCUT2D eigenvalue weighted by molar-refractivity contribution is 6.36. The average molecular weight is 507 g/mol. The number of nitrogen functional groups attached to an aromatic ring is 1. The first-order chi connectivity index (χ1) is 17.0. The Kier molecular flexibility index (Phi) is 6.65. The van der Waals surface area contributed by atoms with E-state index in [0.717, 1.165) is 5.69 Å². The summed E-state index contributed by atoms with van der Waals surface area (Å²) < 4.78 is 7.19. The van der Waals surface area contributed by atoms with E-state index >= 15 is 0 Å². The van der Waals surface area contributed by atoms with Crippen molar-refractivity contribution in [3.63, 3.8) is 0 Å². The number of anilines is 2. The average Bonchev–Trinajstić information content (AvgIpc) is 3.15. The largest absolute Gasteiger partial charge is 0.444 e. The Hall–Kier alpha value is -4.03. The van der Waals surface area contributed by atoms with Crippen LogP contribution < -0.4 is 11.1 Å². The molecule has 2 aromatic carbocycles. The Bertz CT molecular complexity index is 1400. The topological polar surface area (TPSA) is 126 Å². The number of ether oxygens (including phenoxy) is 1. The normalized spacial score (nSPS) is 13.1. The number of nitrogens with one attached hydrogen (secondary N) is 1. The van der Waals surface area contributed by atoms with E-state index < -0.39 is 17.6 Å². The number of nitrogens with two attached hydrogens (primary N) is 1. The summed E-state index contributed by atoms with van der Waals surface area (Å²) in [6, 6.07) is 12.5. The van der Waals surface area contributed by atoms with Gasteiger partial charge in [0.05, 0.1) is 34.2 Å². The zero-order valence-electron chi connectivity index (χ0n) is 20.6. The molecule has 10 heteroatoms. The van der Waals surface area contributed by atoms with E-state index in [4.69, 9.17) is 22.1 Å². The van der Waals surface area contributed by atoms with E-state index in [1.165, 1.54) is 0 Å². The van der Waals surface area contributed by atoms with Crippen LogP contribution in [-0.4, -0.2) is 38.6 Å². The zero-order chi connectivity index (χ0) is 26.2. The number of carbonyl (C=O) groups excluding carboxylic acids is 2. The molecule has 0 aliphatic carbocycles. The predicted molar refractivity (Wildman–Crippen MR) is 138 cm³/mol. The van der Waals surface area contributed by atoms with Crippen LogP contribution in [-0.2, 0) is 24.8 Å². The second-order valence-electron chi connectivity index (χ2n) is 9.54. The highest BCUT2D eigenvalue weighted by Crippen LogP contribution is 2.36. The van der Waals surface area contributed by atoms with Crippen molar-refractivity contribution in [2.75, 3.05) is 17.6 Å². The molecule has 1 aliphatic rings. The first-order valence-electron chi connectivity index (χ1n) is 11.4. The van der Waals surface area contributed by atoms with Crippen LogP contribution in [0.3, 0.4) is 0 Å². The van der Waals surface area contributed by atoms with E-state index in [1.807, 2.05) is 20.8 Å². The number of imidazole rings is 1. The Morgan fingerprint density at radius 3 is 2.58 bits per heavy atom. The van der Waals surface area contributed by atoms with Gasteiger partial charge in [-0.3, -0.25) is 4.79 Å². The van der Waals surface area contributed by atoms with Gasteiger partial charge >= 0.3 is 6.09 Å². The van der Waals surface area contributed by atoms with Crippen LogP contribution in [0, 0.1) is 11.3 Å². The Morgan fingerprint density at radius 1 is 1.19 bits per heavy atom. The lowest BCUT2D eigenvalue weighted by Crippen LogP contribution is -2.40. The van der Waals surface area contributed by atoms with Crippen molar-refractivity contribution in [2.24, 2.45) is 7.05 Å². The van der Waals surface area contributed by atoms with Crippen molar-refractivity contribution in [3.05, 3.63) is 64.2 Å². The van der Waals surface area contributed by atoms with Crippen molar-refractivity contribution in [1.82, 2.24) is 14.5 Å². The van der Waals surface area contributed by atoms with Crippen molar-refractivity contribution in [3.8, 4) is 17.2 Å². The quantitative estimate of drug-likeness (QED) is 0.494. The van der Waals surface area contributed by atoms with Crippen LogP contribution in [0.2, 0.25) is 5.02 Å². The molecule has 0 radical (unpaired) electrons. The summed E-state index contributed by atoms with van der Waals surface area (Å²) in [5.74, 6) is -0.287. The summed E-state index contributed by atoms with van der Waals surface area (Å²) in [5.41, 5.74) is 8.99. The molecular weight excluding hydrogens is 480 g/mol. The number of hydrogen-bond donors (Lipinski definition) is 2. The molecule has 36 heavy (non-hydrogen) atoms. The van der Waals surface area contributed by atoms with E-state index in [2.05, 4.69) is 16.4 Å². The number of halogens is 1. The van der Waals surface area contributed by atoms with E-state index in [1.54, 1.807) is 52.9 Å². The van der Waals surface area contributed by atoms with E-state index in [9.17, 15) is 14.9 Å². The van der Waals surface area contributed by atoms with Crippen LogP contribution in [0.4, 0.5) is 16.2 Å². The van der Waals surface area contributed by atoms with Gasteiger partial charge in [0.2, 0.25) is 0 Å². The van der Waals surface area contributed by atoms with Gasteiger partial charge in [-0.15, -0.1) is 0 Å². The molecule has 0 saturated carbocycles. The molecule has 0 fully saturated rings. The van der Waals surface area contributed by atoms with Gasteiger partial charge in [0.25, 0.3) is 5.91 Å². The number of nitriles is 1. The third kappa shape index (κ3) is 4.86. The Morgan fingerprint density at radius 2 is 1.89 bits per heavy atom. The molecule has 2 heterocycles. The summed E-state index contributed by atoms with van der Waals surface area (Å²) in [7, 11) is 1.76.